The van der Waals surface area contributed by atoms with Gasteiger partial charge in [-0.1, -0.05) is 109 Å². The largest absolute Gasteiger partial charge is 0.508 e. The lowest BCUT2D eigenvalue weighted by molar-refractivity contribution is -0.136. The Labute approximate surface area is 291 Å². The molecule has 0 aliphatic heterocycles. The summed E-state index contributed by atoms with van der Waals surface area (Å²) in [6.07, 6.45) is 27.8. The van der Waals surface area contributed by atoms with Gasteiger partial charge in [0, 0.05) is 5.69 Å². The van der Waals surface area contributed by atoms with Gasteiger partial charge in [-0.3, -0.25) is 4.79 Å². The molecular weight excluding hydrogens is 594 g/mol. The molecule has 0 unspecified atom stereocenters. The number of aryl methyl sites for hydroxylation is 2. The van der Waals surface area contributed by atoms with Crippen LogP contribution in [0.3, 0.4) is 0 Å². The maximum absolute atomic E-state index is 11.5. The van der Waals surface area contributed by atoms with Crippen LogP contribution >= 0.6 is 0 Å². The van der Waals surface area contributed by atoms with Crippen LogP contribution in [0.4, 0.5) is 5.69 Å². The molecule has 6 atom stereocenters. The summed E-state index contributed by atoms with van der Waals surface area (Å²) >= 11 is 0. The number of aliphatic carboxylic acids is 1. The first kappa shape index (κ1) is 36.7. The summed E-state index contributed by atoms with van der Waals surface area (Å²) < 4.78 is 0. The summed E-state index contributed by atoms with van der Waals surface area (Å²) in [4.78, 5) is 11.0. The Morgan fingerprint density at radius 3 is 2.06 bits per heavy atom. The van der Waals surface area contributed by atoms with Gasteiger partial charge in [-0.15, -0.1) is 0 Å². The van der Waals surface area contributed by atoms with E-state index in [9.17, 15) is 15.0 Å². The number of carbonyl (C=O) groups is 1. The topological polar surface area (TPSA) is 104 Å². The summed E-state index contributed by atoms with van der Waals surface area (Å²) in [6, 6.07) is 11.8. The van der Waals surface area contributed by atoms with Crippen molar-refractivity contribution >= 4 is 11.7 Å². The predicted octanol–water partition coefficient (Wildman–Crippen LogP) is 10.5. The van der Waals surface area contributed by atoms with E-state index in [2.05, 4.69) is 13.0 Å². The minimum Gasteiger partial charge on any atom is -0.508 e. The monoisotopic (exact) mass is 659 g/mol. The third-order valence-corrected chi connectivity index (χ3v) is 12.8. The molecular formula is C43H65NO4. The SMILES string of the molecule is C[C@]12CC[C@@H]3c4ccc(O)cc4CC[C@H]3[C@@H]1C[C@H](CCCCCCCCCCCCCCCCCc1cc(N)cc(CC(=O)O)c1)[C@@H]2O. The zero-order valence-corrected chi connectivity index (χ0v) is 29.9. The summed E-state index contributed by atoms with van der Waals surface area (Å²) in [5.74, 6) is 2.03. The number of unbranched alkanes of at least 4 members (excludes halogenated alkanes) is 14. The number of anilines is 1. The Morgan fingerprint density at radius 2 is 1.42 bits per heavy atom. The minimum atomic E-state index is -0.809. The minimum absolute atomic E-state index is 0.0398. The first-order valence-electron chi connectivity index (χ1n) is 19.8. The van der Waals surface area contributed by atoms with Gasteiger partial charge in [0.15, 0.2) is 0 Å². The first-order chi connectivity index (χ1) is 23.2. The van der Waals surface area contributed by atoms with E-state index >= 15 is 0 Å². The van der Waals surface area contributed by atoms with E-state index in [4.69, 9.17) is 10.8 Å². The van der Waals surface area contributed by atoms with Crippen molar-refractivity contribution in [3.05, 3.63) is 58.7 Å². The molecule has 266 valence electrons. The van der Waals surface area contributed by atoms with Gasteiger partial charge in [0.2, 0.25) is 0 Å². The molecule has 5 rings (SSSR count). The lowest BCUT2D eigenvalue weighted by Crippen LogP contribution is -2.44. The number of aliphatic hydroxyl groups is 1. The smallest absolute Gasteiger partial charge is 0.307 e. The molecule has 2 aromatic carbocycles. The maximum atomic E-state index is 11.5. The molecule has 0 spiro atoms. The highest BCUT2D eigenvalue weighted by Crippen LogP contribution is 2.62. The van der Waals surface area contributed by atoms with E-state index in [-0.39, 0.29) is 17.9 Å². The van der Waals surface area contributed by atoms with Crippen LogP contribution in [0.1, 0.15) is 164 Å². The number of carboxylic acids is 1. The highest BCUT2D eigenvalue weighted by atomic mass is 16.4. The Morgan fingerprint density at radius 1 is 0.812 bits per heavy atom. The molecule has 48 heavy (non-hydrogen) atoms. The number of nitrogen functional groups attached to an aromatic ring is 1. The zero-order chi connectivity index (χ0) is 33.9. The normalized spacial score (nSPS) is 26.2. The van der Waals surface area contributed by atoms with Gasteiger partial charge in [-0.25, -0.2) is 0 Å². The summed E-state index contributed by atoms with van der Waals surface area (Å²) in [7, 11) is 0. The van der Waals surface area contributed by atoms with Gasteiger partial charge >= 0.3 is 5.97 Å². The Balaban J connectivity index is 0.842. The number of phenols is 1. The van der Waals surface area contributed by atoms with Crippen LogP contribution in [-0.2, 0) is 24.1 Å². The maximum Gasteiger partial charge on any atom is 0.307 e. The molecule has 5 heteroatoms. The van der Waals surface area contributed by atoms with Crippen LogP contribution in [0.2, 0.25) is 0 Å². The quantitative estimate of drug-likeness (QED) is 0.0836. The van der Waals surface area contributed by atoms with Crippen molar-refractivity contribution in [3.8, 4) is 5.75 Å². The number of hydrogen-bond donors (Lipinski definition) is 4. The molecule has 0 amide bonds. The van der Waals surface area contributed by atoms with E-state index in [0.29, 0.717) is 35.1 Å². The second-order valence-corrected chi connectivity index (χ2v) is 16.3. The standard InChI is InChI=1S/C43H65NO4/c1-43-24-23-38-37-22-20-36(45)29-33(37)19-21-39(38)40(43)30-34(42(43)48)18-16-14-12-10-8-6-4-2-3-5-7-9-11-13-15-17-31-25-32(28-41(46)47)27-35(44)26-31/h20,22,25-27,29,34,38-40,42,45,48H,2-19,21,23-24,28,30,44H2,1H3,(H,46,47)/t34-,38+,39+,40-,42-,43-/m0/s1. The highest BCUT2D eigenvalue weighted by Gasteiger charge is 2.57. The van der Waals surface area contributed by atoms with Crippen molar-refractivity contribution in [1.82, 2.24) is 0 Å². The molecule has 0 radical (unpaired) electrons. The van der Waals surface area contributed by atoms with Gasteiger partial charge in [0.05, 0.1) is 12.5 Å². The van der Waals surface area contributed by atoms with Gasteiger partial charge in [0.1, 0.15) is 5.75 Å². The van der Waals surface area contributed by atoms with Crippen LogP contribution in [0, 0.1) is 23.2 Å². The van der Waals surface area contributed by atoms with Crippen molar-refractivity contribution in [2.24, 2.45) is 23.2 Å². The van der Waals surface area contributed by atoms with Gasteiger partial charge in [-0.05, 0) is 127 Å². The third kappa shape index (κ3) is 9.79. The fourth-order valence-corrected chi connectivity index (χ4v) is 10.2. The molecule has 2 saturated carbocycles. The van der Waals surface area contributed by atoms with Crippen molar-refractivity contribution in [1.29, 1.82) is 0 Å². The molecule has 0 saturated heterocycles. The molecule has 5 nitrogen and oxygen atoms in total. The first-order valence-corrected chi connectivity index (χ1v) is 19.8. The fraction of sp³-hybridized carbons (Fsp3) is 0.698. The molecule has 3 aliphatic carbocycles. The molecule has 3 aliphatic rings. The average molecular weight is 660 g/mol. The number of phenolic OH excluding ortho intramolecular Hbond substituents is 1. The van der Waals surface area contributed by atoms with Crippen LogP contribution in [0.15, 0.2) is 36.4 Å². The lowest BCUT2D eigenvalue weighted by Gasteiger charge is -2.50. The van der Waals surface area contributed by atoms with Crippen LogP contribution in [0.25, 0.3) is 0 Å². The summed E-state index contributed by atoms with van der Waals surface area (Å²) in [5.41, 5.74) is 11.5. The number of fused-ring (bicyclic) bond motifs is 5. The van der Waals surface area contributed by atoms with E-state index in [1.54, 1.807) is 6.07 Å². The van der Waals surface area contributed by atoms with E-state index in [1.807, 2.05) is 24.3 Å². The molecule has 2 aromatic rings. The Hall–Kier alpha value is -2.53. The number of benzene rings is 2. The van der Waals surface area contributed by atoms with Gasteiger partial charge in [0.25, 0.3) is 0 Å². The molecule has 0 bridgehead atoms. The highest BCUT2D eigenvalue weighted by molar-refractivity contribution is 5.70. The number of hydrogen-bond acceptors (Lipinski definition) is 4. The third-order valence-electron chi connectivity index (χ3n) is 12.8. The molecule has 2 fully saturated rings. The molecule has 0 aromatic heterocycles. The van der Waals surface area contributed by atoms with Crippen LogP contribution < -0.4 is 5.73 Å². The zero-order valence-electron chi connectivity index (χ0n) is 29.9. The second-order valence-electron chi connectivity index (χ2n) is 16.3. The van der Waals surface area contributed by atoms with Crippen molar-refractivity contribution < 1.29 is 20.1 Å². The van der Waals surface area contributed by atoms with Crippen molar-refractivity contribution in [2.45, 2.75) is 167 Å². The average Bonchev–Trinajstić information content (AvgIpc) is 3.31. The fourth-order valence-electron chi connectivity index (χ4n) is 10.2. The number of aromatic hydroxyl groups is 1. The number of carboxylic acid groups (broad SMARTS) is 1. The Bertz CT molecular complexity index is 1310. The van der Waals surface area contributed by atoms with E-state index in [1.165, 1.54) is 127 Å². The number of aliphatic hydroxyl groups excluding tert-OH is 1. The second kappa shape index (κ2) is 17.9. The molecule has 0 heterocycles. The summed E-state index contributed by atoms with van der Waals surface area (Å²) in [5, 5.41) is 30.5. The number of nitrogens with two attached hydrogens (primary N) is 1. The van der Waals surface area contributed by atoms with Crippen molar-refractivity contribution in [2.75, 3.05) is 5.73 Å². The van der Waals surface area contributed by atoms with Crippen LogP contribution in [0.5, 0.6) is 5.75 Å². The molecule has 5 N–H and O–H groups in total. The van der Waals surface area contributed by atoms with E-state index in [0.717, 1.165) is 36.8 Å². The number of rotatable bonds is 20. The van der Waals surface area contributed by atoms with E-state index < -0.39 is 5.97 Å². The van der Waals surface area contributed by atoms with Crippen LogP contribution in [-0.4, -0.2) is 27.4 Å². The summed E-state index contributed by atoms with van der Waals surface area (Å²) in [6.45, 7) is 2.40. The van der Waals surface area contributed by atoms with Crippen molar-refractivity contribution in [3.63, 3.8) is 0 Å². The Kier molecular flexibility index (Phi) is 13.7. The van der Waals surface area contributed by atoms with Gasteiger partial charge < -0.3 is 21.1 Å². The van der Waals surface area contributed by atoms with Gasteiger partial charge in [-0.2, -0.15) is 0 Å². The predicted molar refractivity (Wildman–Crippen MR) is 197 cm³/mol. The lowest BCUT2D eigenvalue weighted by atomic mass is 9.55.